The van der Waals surface area contributed by atoms with Gasteiger partial charge in [-0.15, -0.1) is 0 Å². The minimum atomic E-state index is -3.81. The third-order valence-corrected chi connectivity index (χ3v) is 9.98. The normalized spacial score (nSPS) is 11.6. The number of anilines is 2. The number of benzene rings is 3. The molecule has 0 aliphatic heterocycles. The standard InChI is InChI=1S/C29H28ClN5O3S2/c1-19-18-20(2)35(32-19)17-16-34(29-31-27-21(3)25(30)14-15-26(27)39-29)28(36)22-10-12-24(13-11-22)40(37,38)33(4)23-8-6-5-7-9-23/h5-15,18H,16-17H2,1-4H3. The van der Waals surface area contributed by atoms with Crippen molar-refractivity contribution in [2.75, 3.05) is 22.8 Å². The molecule has 1 amide bonds. The molecular formula is C29H28ClN5O3S2. The van der Waals surface area contributed by atoms with Gasteiger partial charge in [0.2, 0.25) is 0 Å². The van der Waals surface area contributed by atoms with Crippen LogP contribution in [0.3, 0.4) is 0 Å². The van der Waals surface area contributed by atoms with E-state index >= 15 is 0 Å². The number of carbonyl (C=O) groups is 1. The third-order valence-electron chi connectivity index (χ3n) is 6.73. The van der Waals surface area contributed by atoms with Crippen molar-refractivity contribution in [1.82, 2.24) is 14.8 Å². The van der Waals surface area contributed by atoms with E-state index in [9.17, 15) is 13.2 Å². The maximum atomic E-state index is 13.9. The minimum Gasteiger partial charge on any atom is -0.282 e. The van der Waals surface area contributed by atoms with Gasteiger partial charge in [-0.3, -0.25) is 18.7 Å². The zero-order valence-electron chi connectivity index (χ0n) is 22.5. The van der Waals surface area contributed by atoms with Crippen molar-refractivity contribution in [2.45, 2.75) is 32.2 Å². The van der Waals surface area contributed by atoms with Crippen molar-refractivity contribution in [3.8, 4) is 0 Å². The number of aryl methyl sites for hydroxylation is 3. The van der Waals surface area contributed by atoms with Crippen molar-refractivity contribution in [2.24, 2.45) is 0 Å². The average molecular weight is 594 g/mol. The number of fused-ring (bicyclic) bond motifs is 1. The van der Waals surface area contributed by atoms with Crippen molar-refractivity contribution < 1.29 is 13.2 Å². The number of para-hydroxylation sites is 1. The van der Waals surface area contributed by atoms with E-state index in [1.165, 1.54) is 34.8 Å². The van der Waals surface area contributed by atoms with Crippen LogP contribution in [0.5, 0.6) is 0 Å². The van der Waals surface area contributed by atoms with E-state index < -0.39 is 10.0 Å². The number of nitrogens with zero attached hydrogens (tertiary/aromatic N) is 5. The van der Waals surface area contributed by atoms with Gasteiger partial charge in [-0.05, 0) is 80.9 Å². The van der Waals surface area contributed by atoms with Gasteiger partial charge in [-0.2, -0.15) is 5.10 Å². The molecule has 0 fully saturated rings. The lowest BCUT2D eigenvalue weighted by atomic mass is 10.2. The average Bonchev–Trinajstić information content (AvgIpc) is 3.53. The Morgan fingerprint density at radius 3 is 2.35 bits per heavy atom. The first-order valence-corrected chi connectivity index (χ1v) is 15.2. The molecule has 3 aromatic carbocycles. The number of carbonyl (C=O) groups excluding carboxylic acids is 1. The van der Waals surface area contributed by atoms with Gasteiger partial charge in [-0.1, -0.05) is 41.1 Å². The van der Waals surface area contributed by atoms with Crippen LogP contribution >= 0.6 is 22.9 Å². The Balaban J connectivity index is 1.47. The van der Waals surface area contributed by atoms with Crippen LogP contribution in [0.4, 0.5) is 10.8 Å². The molecule has 0 N–H and O–H groups in total. The van der Waals surface area contributed by atoms with Crippen LogP contribution < -0.4 is 9.21 Å². The van der Waals surface area contributed by atoms with Crippen molar-refractivity contribution in [1.29, 1.82) is 0 Å². The summed E-state index contributed by atoms with van der Waals surface area (Å²) >= 11 is 7.74. The first-order valence-electron chi connectivity index (χ1n) is 12.6. The van der Waals surface area contributed by atoms with Crippen LogP contribution in [0, 0.1) is 20.8 Å². The summed E-state index contributed by atoms with van der Waals surface area (Å²) in [5.74, 6) is -0.287. The van der Waals surface area contributed by atoms with Crippen LogP contribution in [0.1, 0.15) is 27.3 Å². The maximum absolute atomic E-state index is 13.9. The summed E-state index contributed by atoms with van der Waals surface area (Å²) in [7, 11) is -2.30. The highest BCUT2D eigenvalue weighted by molar-refractivity contribution is 7.92. The van der Waals surface area contributed by atoms with Crippen molar-refractivity contribution in [3.63, 3.8) is 0 Å². The first-order chi connectivity index (χ1) is 19.1. The summed E-state index contributed by atoms with van der Waals surface area (Å²) in [5, 5.41) is 5.68. The fourth-order valence-electron chi connectivity index (χ4n) is 4.44. The highest BCUT2D eigenvalue weighted by Gasteiger charge is 2.25. The van der Waals surface area contributed by atoms with Crippen molar-refractivity contribution in [3.05, 3.63) is 100 Å². The maximum Gasteiger partial charge on any atom is 0.264 e. The number of hydrogen-bond acceptors (Lipinski definition) is 6. The SMILES string of the molecule is Cc1cc(C)n(CCN(C(=O)c2ccc(S(=O)(=O)N(C)c3ccccc3)cc2)c2nc3c(C)c(Cl)ccc3s2)n1. The quantitative estimate of drug-likeness (QED) is 0.212. The van der Waals surface area contributed by atoms with Gasteiger partial charge in [0.15, 0.2) is 5.13 Å². The summed E-state index contributed by atoms with van der Waals surface area (Å²) in [4.78, 5) is 20.4. The smallest absolute Gasteiger partial charge is 0.264 e. The summed E-state index contributed by atoms with van der Waals surface area (Å²) < 4.78 is 30.5. The monoisotopic (exact) mass is 593 g/mol. The third kappa shape index (κ3) is 5.34. The Labute approximate surface area is 242 Å². The predicted molar refractivity (Wildman–Crippen MR) is 161 cm³/mol. The zero-order valence-corrected chi connectivity index (χ0v) is 24.9. The van der Waals surface area contributed by atoms with Gasteiger partial charge >= 0.3 is 0 Å². The van der Waals surface area contributed by atoms with E-state index in [1.54, 1.807) is 41.3 Å². The predicted octanol–water partition coefficient (Wildman–Crippen LogP) is 6.24. The summed E-state index contributed by atoms with van der Waals surface area (Å²) in [6, 6.07) is 20.6. The lowest BCUT2D eigenvalue weighted by Crippen LogP contribution is -2.34. The molecule has 0 radical (unpaired) electrons. The lowest BCUT2D eigenvalue weighted by Gasteiger charge is -2.21. The number of aromatic nitrogens is 3. The molecule has 0 saturated heterocycles. The Morgan fingerprint density at radius 2 is 1.70 bits per heavy atom. The second-order valence-electron chi connectivity index (χ2n) is 9.46. The first kappa shape index (κ1) is 27.8. The number of amides is 1. The van der Waals surface area contributed by atoms with E-state index in [-0.39, 0.29) is 10.8 Å². The Morgan fingerprint density at radius 1 is 1.00 bits per heavy atom. The van der Waals surface area contributed by atoms with Gasteiger partial charge in [-0.25, -0.2) is 13.4 Å². The fourth-order valence-corrected chi connectivity index (χ4v) is 6.84. The van der Waals surface area contributed by atoms with E-state index in [4.69, 9.17) is 16.6 Å². The number of sulfonamides is 1. The number of halogens is 1. The molecule has 0 unspecified atom stereocenters. The molecule has 40 heavy (non-hydrogen) atoms. The second-order valence-corrected chi connectivity index (χ2v) is 12.8. The molecule has 5 aromatic rings. The highest BCUT2D eigenvalue weighted by Crippen LogP contribution is 2.34. The lowest BCUT2D eigenvalue weighted by molar-refractivity contribution is 0.0985. The number of thiazole rings is 1. The van der Waals surface area contributed by atoms with E-state index in [0.29, 0.717) is 34.5 Å². The molecule has 11 heteroatoms. The van der Waals surface area contributed by atoms with Crippen LogP contribution in [-0.4, -0.2) is 42.7 Å². The van der Waals surface area contributed by atoms with Crippen LogP contribution in [0.25, 0.3) is 10.2 Å². The second kappa shape index (κ2) is 11.0. The molecule has 0 spiro atoms. The van der Waals surface area contributed by atoms with Crippen LogP contribution in [-0.2, 0) is 16.6 Å². The molecule has 206 valence electrons. The van der Waals surface area contributed by atoms with E-state index in [0.717, 1.165) is 27.2 Å². The molecule has 0 atom stereocenters. The number of hydrogen-bond donors (Lipinski definition) is 0. The minimum absolute atomic E-state index is 0.0925. The Hall–Kier alpha value is -3.73. The summed E-state index contributed by atoms with van der Waals surface area (Å²) in [6.07, 6.45) is 0. The molecule has 2 heterocycles. The molecule has 2 aromatic heterocycles. The summed E-state index contributed by atoms with van der Waals surface area (Å²) in [6.45, 7) is 6.60. The fraction of sp³-hybridized carbons (Fsp3) is 0.207. The zero-order chi connectivity index (χ0) is 28.6. The molecule has 0 aliphatic carbocycles. The van der Waals surface area contributed by atoms with Gasteiger partial charge in [0.25, 0.3) is 15.9 Å². The van der Waals surface area contributed by atoms with Gasteiger partial charge in [0.1, 0.15) is 0 Å². The Kier molecular flexibility index (Phi) is 7.67. The van der Waals surface area contributed by atoms with Crippen molar-refractivity contribution >= 4 is 59.9 Å². The van der Waals surface area contributed by atoms with Gasteiger partial charge < -0.3 is 0 Å². The van der Waals surface area contributed by atoms with E-state index in [2.05, 4.69) is 5.10 Å². The topological polar surface area (TPSA) is 88.4 Å². The largest absolute Gasteiger partial charge is 0.282 e. The molecule has 0 bridgehead atoms. The molecule has 8 nitrogen and oxygen atoms in total. The van der Waals surface area contributed by atoms with E-state index in [1.807, 2.05) is 49.7 Å². The summed E-state index contributed by atoms with van der Waals surface area (Å²) in [5.41, 5.74) is 4.39. The molecule has 0 saturated carbocycles. The highest BCUT2D eigenvalue weighted by atomic mass is 35.5. The van der Waals surface area contributed by atoms with Crippen LogP contribution in [0.2, 0.25) is 5.02 Å². The van der Waals surface area contributed by atoms with Crippen LogP contribution in [0.15, 0.2) is 77.7 Å². The van der Waals surface area contributed by atoms with Gasteiger partial charge in [0.05, 0.1) is 33.0 Å². The van der Waals surface area contributed by atoms with Gasteiger partial charge in [0, 0.05) is 29.9 Å². The number of rotatable bonds is 8. The molecular weight excluding hydrogens is 566 g/mol. The molecule has 5 rings (SSSR count). The Bertz CT molecular complexity index is 1800. The molecule has 0 aliphatic rings.